The first-order valence-electron chi connectivity index (χ1n) is 13.6. The third-order valence-corrected chi connectivity index (χ3v) is 11.8. The van der Waals surface area contributed by atoms with E-state index in [0.29, 0.717) is 30.1 Å². The van der Waals surface area contributed by atoms with Crippen LogP contribution in [-0.4, -0.2) is 5.52 Å². The fraction of sp³-hybridized carbons (Fsp3) is 0.893. The molecule has 0 aromatic carbocycles. The number of hydrogen-bond donors (Lipinski definition) is 0. The van der Waals surface area contributed by atoms with Crippen molar-refractivity contribution in [3.05, 3.63) is 11.6 Å². The van der Waals surface area contributed by atoms with Crippen molar-refractivity contribution >= 4 is 13.1 Å². The van der Waals surface area contributed by atoms with Crippen LogP contribution in [0.4, 0.5) is 0 Å². The van der Waals surface area contributed by atoms with Crippen molar-refractivity contribution in [2.45, 2.75) is 105 Å². The summed E-state index contributed by atoms with van der Waals surface area (Å²) in [5.74, 6) is 3.94. The van der Waals surface area contributed by atoms with E-state index in [2.05, 4.69) is 40.7 Å². The second kappa shape index (κ2) is 12.4. The Labute approximate surface area is 258 Å². The van der Waals surface area contributed by atoms with Gasteiger partial charge >= 0.3 is 59.1 Å². The third kappa shape index (κ3) is 6.33. The third-order valence-electron chi connectivity index (χ3n) is 10.9. The predicted molar refractivity (Wildman–Crippen MR) is 129 cm³/mol. The van der Waals surface area contributed by atoms with Gasteiger partial charge in [-0.15, -0.1) is 0 Å². The molecule has 0 spiro atoms. The summed E-state index contributed by atoms with van der Waals surface area (Å²) >= 11 is 0. The molecule has 4 rings (SSSR count). The van der Waals surface area contributed by atoms with Crippen LogP contribution in [0, 0.1) is 52.3 Å². The second-order valence-electron chi connectivity index (χ2n) is 13.1. The first-order chi connectivity index (χ1) is 15.4. The molecule has 4 unspecified atom stereocenters. The molecule has 0 aliphatic heterocycles. The van der Waals surface area contributed by atoms with Crippen molar-refractivity contribution < 1.29 is 78.3 Å². The maximum Gasteiger partial charge on any atom is 1.00 e. The molecule has 0 aromatic rings. The molecule has 0 aromatic heterocycles. The van der Waals surface area contributed by atoms with Gasteiger partial charge in [0.25, 0.3) is 0 Å². The largest absolute Gasteiger partial charge is 1.00 e. The van der Waals surface area contributed by atoms with Crippen molar-refractivity contribution in [3.63, 3.8) is 0 Å². The fourth-order valence-electron chi connectivity index (χ4n) is 9.12. The first-order valence-corrected chi connectivity index (χ1v) is 15.2. The van der Waals surface area contributed by atoms with Gasteiger partial charge in [0.1, 0.15) is 0 Å². The summed E-state index contributed by atoms with van der Waals surface area (Å²) in [5.41, 5.74) is 0.721. The average Bonchev–Trinajstić information content (AvgIpc) is 3.09. The molecule has 3 fully saturated rings. The predicted octanol–water partition coefficient (Wildman–Crippen LogP) is 0.0923. The van der Waals surface area contributed by atoms with Gasteiger partial charge in [-0.3, -0.25) is 4.79 Å². The Morgan fingerprint density at radius 3 is 2.34 bits per heavy atom. The fourth-order valence-corrected chi connectivity index (χ4v) is 9.79. The molecule has 35 heavy (non-hydrogen) atoms. The Bertz CT molecular complexity index is 839. The van der Waals surface area contributed by atoms with Crippen LogP contribution in [0.1, 0.15) is 105 Å². The zero-order valence-corrected chi connectivity index (χ0v) is 28.4. The van der Waals surface area contributed by atoms with Gasteiger partial charge in [-0.25, -0.2) is 0 Å². The van der Waals surface area contributed by atoms with Crippen molar-refractivity contribution in [2.75, 3.05) is 0 Å². The van der Waals surface area contributed by atoms with E-state index in [-0.39, 0.29) is 64.5 Å². The molecule has 0 radical (unpaired) electrons. The van der Waals surface area contributed by atoms with Gasteiger partial charge in [0.2, 0.25) is 0 Å². The molecule has 4 nitrogen and oxygen atoms in total. The van der Waals surface area contributed by atoms with Gasteiger partial charge < -0.3 is 14.4 Å². The van der Waals surface area contributed by atoms with Crippen LogP contribution in [0.25, 0.3) is 0 Å². The molecule has 0 heterocycles. The van der Waals surface area contributed by atoms with Crippen molar-refractivity contribution in [2.24, 2.45) is 52.3 Å². The minimum atomic E-state index is -5.14. The van der Waals surface area contributed by atoms with E-state index >= 15 is 0 Å². The summed E-state index contributed by atoms with van der Waals surface area (Å²) in [6, 6.07) is 0. The molecule has 4 aliphatic rings. The topological polar surface area (TPSA) is 80.3 Å². The number of allylic oxidation sites excluding steroid dienone is 2. The van der Waals surface area contributed by atoms with Crippen molar-refractivity contribution in [1.82, 2.24) is 0 Å². The van der Waals surface area contributed by atoms with E-state index < -0.39 is 19.0 Å². The zero-order valence-electron chi connectivity index (χ0n) is 23.5. The van der Waals surface area contributed by atoms with Crippen LogP contribution < -0.4 is 68.9 Å². The van der Waals surface area contributed by atoms with E-state index in [1.165, 1.54) is 50.5 Å². The molecule has 0 amide bonds. The molecule has 0 bridgehead atoms. The smallest absolute Gasteiger partial charge is 0.805 e. The van der Waals surface area contributed by atoms with Gasteiger partial charge in [-0.2, -0.15) is 0 Å². The number of rotatable bonds is 7. The molecular formula is C28H45Na2O4P. The van der Waals surface area contributed by atoms with Crippen LogP contribution in [0.15, 0.2) is 11.6 Å². The minimum absolute atomic E-state index is 0. The van der Waals surface area contributed by atoms with Gasteiger partial charge in [-0.1, -0.05) is 65.5 Å². The molecular weight excluding hydrogens is 477 g/mol. The number of carbonyl (C=O) groups is 1. The van der Waals surface area contributed by atoms with Crippen molar-refractivity contribution in [1.29, 1.82) is 0 Å². The summed E-state index contributed by atoms with van der Waals surface area (Å²) in [4.78, 5) is 34.9. The molecule has 8 atom stereocenters. The van der Waals surface area contributed by atoms with E-state index in [1.54, 1.807) is 0 Å². The maximum atomic E-state index is 12.2. The normalized spacial score (nSPS) is 39.3. The van der Waals surface area contributed by atoms with E-state index in [0.717, 1.165) is 36.5 Å². The van der Waals surface area contributed by atoms with Gasteiger partial charge in [-0.05, 0) is 97.7 Å². The Kier molecular flexibility index (Phi) is 11.6. The summed E-state index contributed by atoms with van der Waals surface area (Å²) in [5, 5.41) is 0. The number of fused-ring (bicyclic) bond motifs is 5. The van der Waals surface area contributed by atoms with E-state index in [4.69, 9.17) is 0 Å². The van der Waals surface area contributed by atoms with Crippen LogP contribution in [0.5, 0.6) is 0 Å². The van der Waals surface area contributed by atoms with E-state index in [1.807, 2.05) is 0 Å². The standard InChI is InChI=1S/C28H47O4P.2Na/c1-18(2)7-6-8-19(3)23-11-12-24-22-10-9-21-17-20(26(29)33(30,31)32)13-15-27(21,4)25(22)14-16-28(23,24)5;;/h9,18-20,22-25H,6-8,10-17H2,1-5H3,(H2,30,31,32);;/q;2*+1/p-2/t19-,20?,22?,23-,24?,25?,27+,28-;;/m1../s1. The van der Waals surface area contributed by atoms with Crippen LogP contribution >= 0.6 is 7.60 Å². The number of carbonyl (C=O) groups excluding carboxylic acids is 1. The SMILES string of the molecule is CC(C)CCC[C@@H](C)[C@H]1CCC2C3CC=C4CC(C(=O)P(=O)([O-])[O-])CC[C@]4(C)C3CC[C@@]21C.[Na+].[Na+]. The first kappa shape index (κ1) is 32.8. The van der Waals surface area contributed by atoms with E-state index in [9.17, 15) is 19.1 Å². The molecule has 3 saturated carbocycles. The maximum absolute atomic E-state index is 12.2. The minimum Gasteiger partial charge on any atom is -0.805 e. The average molecular weight is 523 g/mol. The molecule has 0 N–H and O–H groups in total. The summed E-state index contributed by atoms with van der Waals surface area (Å²) in [6.07, 6.45) is 14.6. The summed E-state index contributed by atoms with van der Waals surface area (Å²) in [7, 11) is -5.14. The molecule has 7 heteroatoms. The quantitative estimate of drug-likeness (QED) is 0.270. The number of hydrogen-bond acceptors (Lipinski definition) is 4. The van der Waals surface area contributed by atoms with Gasteiger partial charge in [0, 0.05) is 13.5 Å². The monoisotopic (exact) mass is 522 g/mol. The van der Waals surface area contributed by atoms with Crippen LogP contribution in [0.2, 0.25) is 0 Å². The van der Waals surface area contributed by atoms with Crippen LogP contribution in [-0.2, 0) is 9.36 Å². The zero-order chi connectivity index (χ0) is 24.2. The summed E-state index contributed by atoms with van der Waals surface area (Å²) in [6.45, 7) is 12.1. The Morgan fingerprint density at radius 2 is 1.71 bits per heavy atom. The molecule has 4 aliphatic carbocycles. The summed E-state index contributed by atoms with van der Waals surface area (Å²) < 4.78 is 11.3. The van der Waals surface area contributed by atoms with Crippen molar-refractivity contribution in [3.8, 4) is 0 Å². The van der Waals surface area contributed by atoms with Crippen LogP contribution in [0.3, 0.4) is 0 Å². The molecule has 188 valence electrons. The van der Waals surface area contributed by atoms with Gasteiger partial charge in [0.15, 0.2) is 5.52 Å². The Hall–Kier alpha value is 1.56. The Balaban J connectivity index is 0.00000216. The van der Waals surface area contributed by atoms with Gasteiger partial charge in [0.05, 0.1) is 0 Å². The second-order valence-corrected chi connectivity index (χ2v) is 14.5. The Morgan fingerprint density at radius 1 is 1.03 bits per heavy atom. The molecule has 0 saturated heterocycles.